The predicted octanol–water partition coefficient (Wildman–Crippen LogP) is 2.82. The molecule has 0 aromatic carbocycles. The summed E-state index contributed by atoms with van der Waals surface area (Å²) < 4.78 is 1.41. The number of urea groups is 1. The highest BCUT2D eigenvalue weighted by atomic mass is 16.2. The molecule has 0 fully saturated rings. The molecule has 0 saturated carbocycles. The normalized spacial score (nSPS) is 11.7. The zero-order valence-electron chi connectivity index (χ0n) is 17.6. The first-order chi connectivity index (χ1) is 15.5. The number of aromatic nitrogens is 5. The first kappa shape index (κ1) is 20.9. The van der Waals surface area contributed by atoms with Crippen molar-refractivity contribution in [1.29, 1.82) is 0 Å². The number of anilines is 1. The second-order valence-corrected chi connectivity index (χ2v) is 7.04. The van der Waals surface area contributed by atoms with Gasteiger partial charge >= 0.3 is 6.03 Å². The van der Waals surface area contributed by atoms with Crippen LogP contribution in [-0.2, 0) is 0 Å². The van der Waals surface area contributed by atoms with Gasteiger partial charge in [0.25, 0.3) is 11.9 Å². The van der Waals surface area contributed by atoms with Gasteiger partial charge in [-0.1, -0.05) is 6.07 Å². The summed E-state index contributed by atoms with van der Waals surface area (Å²) in [6, 6.07) is 10.2. The van der Waals surface area contributed by atoms with Crippen molar-refractivity contribution < 1.29 is 9.59 Å². The molecule has 4 aromatic rings. The smallest absolute Gasteiger partial charge is 0.321 e. The summed E-state index contributed by atoms with van der Waals surface area (Å²) in [4.78, 5) is 37.7. The molecule has 10 nitrogen and oxygen atoms in total. The molecule has 0 bridgehead atoms. The molecule has 0 saturated heterocycles. The van der Waals surface area contributed by atoms with Crippen LogP contribution in [0.2, 0.25) is 0 Å². The highest BCUT2D eigenvalue weighted by Gasteiger charge is 2.19. The number of carbonyl (C=O) groups is 2. The molecule has 162 valence electrons. The third kappa shape index (κ3) is 4.53. The van der Waals surface area contributed by atoms with Crippen LogP contribution in [0.25, 0.3) is 16.8 Å². The van der Waals surface area contributed by atoms with Crippen molar-refractivity contribution in [3.8, 4) is 11.1 Å². The molecule has 3 amide bonds. The highest BCUT2D eigenvalue weighted by molar-refractivity contribution is 5.95. The molecule has 0 aliphatic carbocycles. The number of nitrogens with zero attached hydrogens (tertiary/aromatic N) is 5. The molecule has 0 aliphatic rings. The van der Waals surface area contributed by atoms with E-state index in [1.54, 1.807) is 36.9 Å². The molecule has 1 unspecified atom stereocenters. The number of pyridine rings is 3. The first-order valence-electron chi connectivity index (χ1n) is 10.1. The van der Waals surface area contributed by atoms with Gasteiger partial charge in [0.05, 0.1) is 6.04 Å². The summed E-state index contributed by atoms with van der Waals surface area (Å²) in [5, 5.41) is 12.5. The minimum absolute atomic E-state index is 0.0931. The van der Waals surface area contributed by atoms with E-state index in [1.807, 2.05) is 38.1 Å². The molecule has 4 rings (SSSR count). The van der Waals surface area contributed by atoms with Crippen molar-refractivity contribution >= 4 is 23.5 Å². The van der Waals surface area contributed by atoms with Crippen LogP contribution in [0.15, 0.2) is 61.2 Å². The average molecular weight is 430 g/mol. The molecule has 0 radical (unpaired) electrons. The maximum atomic E-state index is 13.2. The predicted molar refractivity (Wildman–Crippen MR) is 119 cm³/mol. The van der Waals surface area contributed by atoms with E-state index in [9.17, 15) is 9.59 Å². The van der Waals surface area contributed by atoms with E-state index in [0.717, 1.165) is 16.7 Å². The van der Waals surface area contributed by atoms with Gasteiger partial charge in [-0.05, 0) is 55.3 Å². The topological polar surface area (TPSA) is 126 Å². The minimum atomic E-state index is -0.423. The number of hydrogen-bond acceptors (Lipinski definition) is 6. The second kappa shape index (κ2) is 9.21. The Hall–Kier alpha value is -4.34. The van der Waals surface area contributed by atoms with E-state index in [4.69, 9.17) is 0 Å². The van der Waals surface area contributed by atoms with Crippen LogP contribution in [-0.4, -0.2) is 43.0 Å². The van der Waals surface area contributed by atoms with Gasteiger partial charge in [0.2, 0.25) is 0 Å². The lowest BCUT2D eigenvalue weighted by Crippen LogP contribution is -2.29. The molecule has 0 aliphatic heterocycles. The second-order valence-electron chi connectivity index (χ2n) is 7.04. The maximum Gasteiger partial charge on any atom is 0.321 e. The summed E-state index contributed by atoms with van der Waals surface area (Å²) in [5.74, 6) is -0.241. The van der Waals surface area contributed by atoms with Gasteiger partial charge in [-0.3, -0.25) is 20.1 Å². The Morgan fingerprint density at radius 3 is 2.59 bits per heavy atom. The Balaban J connectivity index is 1.73. The first-order valence-corrected chi connectivity index (χ1v) is 10.1. The number of nitrogens with one attached hydrogen (secondary N) is 3. The Labute approximate surface area is 184 Å². The molecule has 1 atom stereocenters. The SMILES string of the molecule is CCNC(=O)Nc1nc2cc(-c3cccnc3)cc(C(=O)NC(C)c3ccncc3)n2n1. The van der Waals surface area contributed by atoms with Gasteiger partial charge in [-0.2, -0.15) is 4.98 Å². The Bertz CT molecular complexity index is 1240. The highest BCUT2D eigenvalue weighted by Crippen LogP contribution is 2.23. The number of hydrogen-bond donors (Lipinski definition) is 3. The third-order valence-corrected chi connectivity index (χ3v) is 4.78. The van der Waals surface area contributed by atoms with E-state index in [-0.39, 0.29) is 23.6 Å². The monoisotopic (exact) mass is 430 g/mol. The van der Waals surface area contributed by atoms with Crippen LogP contribution >= 0.6 is 0 Å². The standard InChI is InChI=1S/C22H22N8O2/c1-3-25-22(32)28-21-27-19-12-17(16-5-4-8-24-13-16)11-18(30(19)29-21)20(31)26-14(2)15-6-9-23-10-7-15/h4-14H,3H2,1-2H3,(H,26,31)(H2,25,28,29,32). The van der Waals surface area contributed by atoms with Crippen LogP contribution in [0.1, 0.15) is 35.9 Å². The van der Waals surface area contributed by atoms with Gasteiger partial charge in [-0.25, -0.2) is 9.31 Å². The number of amides is 3. The summed E-state index contributed by atoms with van der Waals surface area (Å²) in [7, 11) is 0. The molecule has 3 N–H and O–H groups in total. The van der Waals surface area contributed by atoms with Gasteiger partial charge in [0.1, 0.15) is 5.69 Å². The van der Waals surface area contributed by atoms with Crippen molar-refractivity contribution in [1.82, 2.24) is 35.2 Å². The number of fused-ring (bicyclic) bond motifs is 1. The zero-order chi connectivity index (χ0) is 22.5. The number of rotatable bonds is 6. The van der Waals surface area contributed by atoms with E-state index in [0.29, 0.717) is 12.2 Å². The summed E-state index contributed by atoms with van der Waals surface area (Å²) in [6.07, 6.45) is 6.74. The van der Waals surface area contributed by atoms with Crippen LogP contribution in [0.4, 0.5) is 10.7 Å². The lowest BCUT2D eigenvalue weighted by molar-refractivity contribution is 0.0932. The van der Waals surface area contributed by atoms with Crippen LogP contribution < -0.4 is 16.0 Å². The quantitative estimate of drug-likeness (QED) is 0.432. The third-order valence-electron chi connectivity index (χ3n) is 4.78. The summed E-state index contributed by atoms with van der Waals surface area (Å²) in [5.41, 5.74) is 3.19. The zero-order valence-corrected chi connectivity index (χ0v) is 17.6. The van der Waals surface area contributed by atoms with E-state index < -0.39 is 6.03 Å². The summed E-state index contributed by atoms with van der Waals surface area (Å²) in [6.45, 7) is 4.16. The van der Waals surface area contributed by atoms with Gasteiger partial charge in [-0.15, -0.1) is 5.10 Å². The Morgan fingerprint density at radius 2 is 1.88 bits per heavy atom. The van der Waals surface area contributed by atoms with Crippen molar-refractivity contribution in [2.75, 3.05) is 11.9 Å². The fourth-order valence-electron chi connectivity index (χ4n) is 3.21. The van der Waals surface area contributed by atoms with Gasteiger partial charge < -0.3 is 10.6 Å². The lowest BCUT2D eigenvalue weighted by atomic mass is 10.1. The van der Waals surface area contributed by atoms with Crippen LogP contribution in [0.5, 0.6) is 0 Å². The fraction of sp³-hybridized carbons (Fsp3) is 0.182. The Morgan fingerprint density at radius 1 is 1.06 bits per heavy atom. The Kier molecular flexibility index (Phi) is 6.02. The van der Waals surface area contributed by atoms with Crippen LogP contribution in [0.3, 0.4) is 0 Å². The molecular weight excluding hydrogens is 408 g/mol. The van der Waals surface area contributed by atoms with Crippen molar-refractivity contribution in [2.24, 2.45) is 0 Å². The van der Waals surface area contributed by atoms with Crippen molar-refractivity contribution in [2.45, 2.75) is 19.9 Å². The lowest BCUT2D eigenvalue weighted by Gasteiger charge is -2.15. The molecule has 10 heteroatoms. The minimum Gasteiger partial charge on any atom is -0.344 e. The van der Waals surface area contributed by atoms with E-state index >= 15 is 0 Å². The average Bonchev–Trinajstić information content (AvgIpc) is 3.21. The largest absolute Gasteiger partial charge is 0.344 e. The van der Waals surface area contributed by atoms with E-state index in [1.165, 1.54) is 4.52 Å². The molecular formula is C22H22N8O2. The molecule has 0 spiro atoms. The fourth-order valence-corrected chi connectivity index (χ4v) is 3.21. The molecule has 4 aromatic heterocycles. The molecule has 4 heterocycles. The van der Waals surface area contributed by atoms with Crippen molar-refractivity contribution in [3.05, 3.63) is 72.4 Å². The van der Waals surface area contributed by atoms with Gasteiger partial charge in [0, 0.05) is 36.9 Å². The number of carbonyl (C=O) groups excluding carboxylic acids is 2. The molecule has 32 heavy (non-hydrogen) atoms. The van der Waals surface area contributed by atoms with Crippen LogP contribution in [0, 0.1) is 0 Å². The van der Waals surface area contributed by atoms with Crippen molar-refractivity contribution in [3.63, 3.8) is 0 Å². The van der Waals surface area contributed by atoms with E-state index in [2.05, 4.69) is 36.0 Å². The van der Waals surface area contributed by atoms with Gasteiger partial charge in [0.15, 0.2) is 5.65 Å². The maximum absolute atomic E-state index is 13.2. The summed E-state index contributed by atoms with van der Waals surface area (Å²) >= 11 is 0.